The number of nitrogens with two attached hydrogens (primary N) is 1. The summed E-state index contributed by atoms with van der Waals surface area (Å²) in [5.41, 5.74) is 5.10. The minimum absolute atomic E-state index is 0.0166. The lowest BCUT2D eigenvalue weighted by Gasteiger charge is -2.28. The van der Waals surface area contributed by atoms with E-state index in [0.717, 1.165) is 25.7 Å². The zero-order chi connectivity index (χ0) is 12.7. The van der Waals surface area contributed by atoms with Crippen LogP contribution in [0.15, 0.2) is 4.99 Å². The Morgan fingerprint density at radius 2 is 2.00 bits per heavy atom. The normalized spacial score (nSPS) is 24.8. The van der Waals surface area contributed by atoms with E-state index < -0.39 is 0 Å². The van der Waals surface area contributed by atoms with Crippen LogP contribution in [0.2, 0.25) is 0 Å². The maximum Gasteiger partial charge on any atom is 0.223 e. The number of amides is 1. The third kappa shape index (κ3) is 4.17. The number of rotatable bonds is 5. The van der Waals surface area contributed by atoms with Gasteiger partial charge in [0.05, 0.1) is 12.9 Å². The molecule has 0 bridgehead atoms. The second-order valence-electron chi connectivity index (χ2n) is 4.45. The van der Waals surface area contributed by atoms with Gasteiger partial charge in [-0.1, -0.05) is 12.8 Å². The van der Waals surface area contributed by atoms with Crippen LogP contribution in [0.5, 0.6) is 0 Å². The number of hydrogen-bond acceptors (Lipinski definition) is 3. The number of Topliss-reactive ketones (excluding diaryl/α,β-unsaturated/α-hetero) is 1. The third-order valence-electron chi connectivity index (χ3n) is 3.27. The molecule has 2 atom stereocenters. The third-order valence-corrected chi connectivity index (χ3v) is 3.27. The second-order valence-corrected chi connectivity index (χ2v) is 4.45. The Morgan fingerprint density at radius 1 is 1.35 bits per heavy atom. The molecule has 1 saturated carbocycles. The quantitative estimate of drug-likeness (QED) is 0.416. The molecule has 17 heavy (non-hydrogen) atoms. The first kappa shape index (κ1) is 13.7. The molecule has 0 aromatic rings. The van der Waals surface area contributed by atoms with Crippen LogP contribution in [0.3, 0.4) is 0 Å². The van der Waals surface area contributed by atoms with Crippen LogP contribution in [-0.2, 0) is 9.59 Å². The lowest BCUT2D eigenvalue weighted by atomic mass is 9.77. The SMILES string of the molecule is CC(=O)[C@@H]1CCCC[C@@H]1C(=O)NCCN=CN. The largest absolute Gasteiger partial charge is 0.390 e. The predicted molar refractivity (Wildman–Crippen MR) is 66.7 cm³/mol. The smallest absolute Gasteiger partial charge is 0.223 e. The summed E-state index contributed by atoms with van der Waals surface area (Å²) >= 11 is 0. The highest BCUT2D eigenvalue weighted by Crippen LogP contribution is 2.30. The number of carbonyl (C=O) groups is 2. The van der Waals surface area contributed by atoms with E-state index in [1.54, 1.807) is 6.92 Å². The maximum atomic E-state index is 11.9. The summed E-state index contributed by atoms with van der Waals surface area (Å²) in [4.78, 5) is 27.2. The molecule has 1 rings (SSSR count). The van der Waals surface area contributed by atoms with Crippen LogP contribution in [0.1, 0.15) is 32.6 Å². The van der Waals surface area contributed by atoms with E-state index in [2.05, 4.69) is 10.3 Å². The average molecular weight is 239 g/mol. The average Bonchev–Trinajstić information content (AvgIpc) is 2.34. The highest BCUT2D eigenvalue weighted by Gasteiger charge is 2.33. The summed E-state index contributed by atoms with van der Waals surface area (Å²) in [6.07, 6.45) is 4.96. The Morgan fingerprint density at radius 3 is 2.59 bits per heavy atom. The van der Waals surface area contributed by atoms with Crippen molar-refractivity contribution in [3.63, 3.8) is 0 Å². The van der Waals surface area contributed by atoms with Gasteiger partial charge in [-0.25, -0.2) is 0 Å². The molecule has 96 valence electrons. The van der Waals surface area contributed by atoms with E-state index in [9.17, 15) is 9.59 Å². The summed E-state index contributed by atoms with van der Waals surface area (Å²) in [5.74, 6) is -0.133. The molecule has 5 heteroatoms. The van der Waals surface area contributed by atoms with E-state index in [-0.39, 0.29) is 23.5 Å². The second kappa shape index (κ2) is 7.04. The van der Waals surface area contributed by atoms with Crippen molar-refractivity contribution in [2.75, 3.05) is 13.1 Å². The van der Waals surface area contributed by atoms with E-state index in [0.29, 0.717) is 13.1 Å². The van der Waals surface area contributed by atoms with Crippen molar-refractivity contribution in [2.24, 2.45) is 22.6 Å². The molecule has 1 fully saturated rings. The number of aliphatic imine (C=N–C) groups is 1. The fourth-order valence-electron chi connectivity index (χ4n) is 2.38. The van der Waals surface area contributed by atoms with Gasteiger partial charge in [0.1, 0.15) is 5.78 Å². The van der Waals surface area contributed by atoms with E-state index in [1.165, 1.54) is 6.34 Å². The molecule has 0 radical (unpaired) electrons. The fraction of sp³-hybridized carbons (Fsp3) is 0.750. The first-order chi connectivity index (χ1) is 8.16. The van der Waals surface area contributed by atoms with Gasteiger partial charge in [-0.3, -0.25) is 14.6 Å². The zero-order valence-corrected chi connectivity index (χ0v) is 10.3. The van der Waals surface area contributed by atoms with Gasteiger partial charge < -0.3 is 11.1 Å². The van der Waals surface area contributed by atoms with Gasteiger partial charge in [0.25, 0.3) is 0 Å². The monoisotopic (exact) mass is 239 g/mol. The van der Waals surface area contributed by atoms with Crippen molar-refractivity contribution >= 4 is 18.0 Å². The van der Waals surface area contributed by atoms with Gasteiger partial charge in [0.15, 0.2) is 0 Å². The van der Waals surface area contributed by atoms with Crippen LogP contribution in [0, 0.1) is 11.8 Å². The van der Waals surface area contributed by atoms with Crippen molar-refractivity contribution < 1.29 is 9.59 Å². The highest BCUT2D eigenvalue weighted by atomic mass is 16.2. The molecule has 3 N–H and O–H groups in total. The Balaban J connectivity index is 2.44. The van der Waals surface area contributed by atoms with Gasteiger partial charge in [-0.2, -0.15) is 0 Å². The molecule has 1 aliphatic carbocycles. The first-order valence-electron chi connectivity index (χ1n) is 6.15. The minimum atomic E-state index is -0.150. The van der Waals surface area contributed by atoms with Crippen molar-refractivity contribution in [3.05, 3.63) is 0 Å². The number of nitrogens with zero attached hydrogens (tertiary/aromatic N) is 1. The van der Waals surface area contributed by atoms with Crippen molar-refractivity contribution in [1.82, 2.24) is 5.32 Å². The number of nitrogens with one attached hydrogen (secondary N) is 1. The summed E-state index contributed by atoms with van der Waals surface area (Å²) in [7, 11) is 0. The van der Waals surface area contributed by atoms with Gasteiger partial charge in [0.2, 0.25) is 5.91 Å². The Kier molecular flexibility index (Phi) is 5.66. The van der Waals surface area contributed by atoms with Crippen LogP contribution < -0.4 is 11.1 Å². The Labute approximate surface area is 102 Å². The lowest BCUT2D eigenvalue weighted by molar-refractivity contribution is -0.134. The minimum Gasteiger partial charge on any atom is -0.390 e. The van der Waals surface area contributed by atoms with E-state index in [4.69, 9.17) is 5.73 Å². The first-order valence-corrected chi connectivity index (χ1v) is 6.15. The topological polar surface area (TPSA) is 84.5 Å². The van der Waals surface area contributed by atoms with Gasteiger partial charge in [-0.05, 0) is 19.8 Å². The maximum absolute atomic E-state index is 11.9. The molecule has 0 aliphatic heterocycles. The Bertz CT molecular complexity index is 302. The van der Waals surface area contributed by atoms with Gasteiger partial charge >= 0.3 is 0 Å². The summed E-state index contributed by atoms with van der Waals surface area (Å²) in [6.45, 7) is 2.54. The van der Waals surface area contributed by atoms with Crippen LogP contribution in [0.4, 0.5) is 0 Å². The molecular formula is C12H21N3O2. The number of carbonyl (C=O) groups excluding carboxylic acids is 2. The number of ketones is 1. The summed E-state index contributed by atoms with van der Waals surface area (Å²) < 4.78 is 0. The standard InChI is InChI=1S/C12H21N3O2/c1-9(16)10-4-2-3-5-11(10)12(17)15-7-6-14-8-13/h8,10-11H,2-7H2,1H3,(H2,13,14)(H,15,17)/t10-,11-/m0/s1. The van der Waals surface area contributed by atoms with E-state index >= 15 is 0 Å². The molecule has 0 aromatic carbocycles. The molecular weight excluding hydrogens is 218 g/mol. The summed E-state index contributed by atoms with van der Waals surface area (Å²) in [5, 5.41) is 2.81. The Hall–Kier alpha value is -1.39. The van der Waals surface area contributed by atoms with Gasteiger partial charge in [-0.15, -0.1) is 0 Å². The predicted octanol–water partition coefficient (Wildman–Crippen LogP) is 0.485. The molecule has 0 saturated heterocycles. The highest BCUT2D eigenvalue weighted by molar-refractivity contribution is 5.87. The van der Waals surface area contributed by atoms with E-state index in [1.807, 2.05) is 0 Å². The van der Waals surface area contributed by atoms with Crippen LogP contribution in [-0.4, -0.2) is 31.1 Å². The molecule has 1 amide bonds. The molecule has 0 spiro atoms. The van der Waals surface area contributed by atoms with Crippen molar-refractivity contribution in [1.29, 1.82) is 0 Å². The molecule has 0 unspecified atom stereocenters. The lowest BCUT2D eigenvalue weighted by Crippen LogP contribution is -2.40. The van der Waals surface area contributed by atoms with Crippen molar-refractivity contribution in [3.8, 4) is 0 Å². The van der Waals surface area contributed by atoms with Crippen LogP contribution >= 0.6 is 0 Å². The molecule has 0 heterocycles. The van der Waals surface area contributed by atoms with Gasteiger partial charge in [0, 0.05) is 18.4 Å². The molecule has 0 aromatic heterocycles. The van der Waals surface area contributed by atoms with Crippen LogP contribution in [0.25, 0.3) is 0 Å². The molecule has 1 aliphatic rings. The summed E-state index contributed by atoms with van der Waals surface area (Å²) in [6, 6.07) is 0. The van der Waals surface area contributed by atoms with Crippen molar-refractivity contribution in [2.45, 2.75) is 32.6 Å². The fourth-order valence-corrected chi connectivity index (χ4v) is 2.38. The number of hydrogen-bond donors (Lipinski definition) is 2. The zero-order valence-electron chi connectivity index (χ0n) is 10.3. The molecule has 5 nitrogen and oxygen atoms in total.